The number of thiophene rings is 1. The fourth-order valence-electron chi connectivity index (χ4n) is 3.86. The summed E-state index contributed by atoms with van der Waals surface area (Å²) in [6.07, 6.45) is 1.25. The van der Waals surface area contributed by atoms with Crippen LogP contribution in [0.4, 0.5) is 4.79 Å². The molecular formula is C22H25ClN4O3S. The molecule has 1 fully saturated rings. The number of fused-ring (bicyclic) bond motifs is 1. The third kappa shape index (κ3) is 4.85. The van der Waals surface area contributed by atoms with Crippen LogP contribution in [0.1, 0.15) is 40.7 Å². The lowest BCUT2D eigenvalue weighted by atomic mass is 10.1. The van der Waals surface area contributed by atoms with Gasteiger partial charge in [0.25, 0.3) is 5.91 Å². The molecule has 1 unspecified atom stereocenters. The van der Waals surface area contributed by atoms with Gasteiger partial charge in [0.15, 0.2) is 0 Å². The van der Waals surface area contributed by atoms with E-state index in [1.165, 1.54) is 11.3 Å². The average Bonchev–Trinajstić information content (AvgIpc) is 3.31. The number of amides is 2. The van der Waals surface area contributed by atoms with Gasteiger partial charge in [-0.1, -0.05) is 23.7 Å². The van der Waals surface area contributed by atoms with Crippen molar-refractivity contribution in [1.29, 1.82) is 0 Å². The Hall–Kier alpha value is -2.58. The number of likely N-dealkylation sites (tertiary alicyclic amines) is 1. The fourth-order valence-corrected chi connectivity index (χ4v) is 5.12. The van der Waals surface area contributed by atoms with Crippen LogP contribution in [0.2, 0.25) is 5.02 Å². The number of benzene rings is 1. The summed E-state index contributed by atoms with van der Waals surface area (Å²) in [5.74, 6) is -0.00555. The van der Waals surface area contributed by atoms with Gasteiger partial charge in [0.1, 0.15) is 4.83 Å². The number of carbonyl (C=O) groups excluding carboxylic acids is 2. The van der Waals surface area contributed by atoms with Gasteiger partial charge < -0.3 is 15.0 Å². The van der Waals surface area contributed by atoms with E-state index in [1.807, 2.05) is 46.8 Å². The smallest absolute Gasteiger partial charge is 0.407 e. The van der Waals surface area contributed by atoms with Gasteiger partial charge in [-0.05, 0) is 50.5 Å². The number of aryl methyl sites for hydroxylation is 1. The maximum atomic E-state index is 13.2. The maximum Gasteiger partial charge on any atom is 0.407 e. The van der Waals surface area contributed by atoms with Crippen LogP contribution < -0.4 is 5.32 Å². The van der Waals surface area contributed by atoms with Crippen molar-refractivity contribution in [2.75, 3.05) is 19.7 Å². The Bertz CT molecular complexity index is 1090. The van der Waals surface area contributed by atoms with Gasteiger partial charge >= 0.3 is 6.09 Å². The standard InChI is InChI=1S/C22H25ClN4O3S/c1-3-30-22(29)24-17-5-4-10-26(13-17)20(28)19-11-18-14(2)25-27(21(18)31-19)12-15-6-8-16(23)9-7-15/h6-9,11,17H,3-5,10,12-13H2,1-2H3,(H,24,29). The lowest BCUT2D eigenvalue weighted by Crippen LogP contribution is -2.49. The lowest BCUT2D eigenvalue weighted by Gasteiger charge is -2.32. The Morgan fingerprint density at radius 2 is 2.10 bits per heavy atom. The second kappa shape index (κ2) is 9.28. The zero-order valence-corrected chi connectivity index (χ0v) is 19.1. The lowest BCUT2D eigenvalue weighted by molar-refractivity contribution is 0.0691. The van der Waals surface area contributed by atoms with E-state index >= 15 is 0 Å². The molecule has 1 aromatic carbocycles. The molecular weight excluding hydrogens is 436 g/mol. The van der Waals surface area contributed by atoms with Crippen LogP contribution in [0.5, 0.6) is 0 Å². The number of ether oxygens (including phenoxy) is 1. The van der Waals surface area contributed by atoms with E-state index in [0.29, 0.717) is 36.1 Å². The fraction of sp³-hybridized carbons (Fsp3) is 0.409. The van der Waals surface area contributed by atoms with Crippen molar-refractivity contribution in [2.45, 2.75) is 39.3 Å². The quantitative estimate of drug-likeness (QED) is 0.609. The zero-order chi connectivity index (χ0) is 22.0. The second-order valence-electron chi connectivity index (χ2n) is 7.65. The highest BCUT2D eigenvalue weighted by molar-refractivity contribution is 7.20. The first kappa shape index (κ1) is 21.6. The van der Waals surface area contributed by atoms with E-state index < -0.39 is 6.09 Å². The van der Waals surface area contributed by atoms with Crippen molar-refractivity contribution in [2.24, 2.45) is 0 Å². The van der Waals surface area contributed by atoms with Crippen LogP contribution in [0.25, 0.3) is 10.2 Å². The summed E-state index contributed by atoms with van der Waals surface area (Å²) in [5, 5.41) is 9.20. The van der Waals surface area contributed by atoms with Crippen LogP contribution in [-0.4, -0.2) is 52.4 Å². The molecule has 9 heteroatoms. The number of aromatic nitrogens is 2. The first-order valence-corrected chi connectivity index (χ1v) is 11.6. The van der Waals surface area contributed by atoms with Gasteiger partial charge in [-0.25, -0.2) is 4.79 Å². The van der Waals surface area contributed by atoms with E-state index in [9.17, 15) is 9.59 Å². The first-order valence-electron chi connectivity index (χ1n) is 10.4. The summed E-state index contributed by atoms with van der Waals surface area (Å²) >= 11 is 7.45. The molecule has 1 aliphatic rings. The minimum atomic E-state index is -0.429. The van der Waals surface area contributed by atoms with Crippen molar-refractivity contribution in [3.63, 3.8) is 0 Å². The van der Waals surface area contributed by atoms with Gasteiger partial charge in [0.2, 0.25) is 0 Å². The predicted molar refractivity (Wildman–Crippen MR) is 122 cm³/mol. The number of nitrogens with one attached hydrogen (secondary N) is 1. The monoisotopic (exact) mass is 460 g/mol. The minimum Gasteiger partial charge on any atom is -0.450 e. The summed E-state index contributed by atoms with van der Waals surface area (Å²) in [5.41, 5.74) is 2.00. The van der Waals surface area contributed by atoms with Crippen molar-refractivity contribution < 1.29 is 14.3 Å². The normalized spacial score (nSPS) is 16.5. The van der Waals surface area contributed by atoms with E-state index in [2.05, 4.69) is 10.4 Å². The van der Waals surface area contributed by atoms with Crippen molar-refractivity contribution in [3.05, 3.63) is 51.5 Å². The van der Waals surface area contributed by atoms with Crippen molar-refractivity contribution in [3.8, 4) is 0 Å². The Balaban J connectivity index is 1.50. The summed E-state index contributed by atoms with van der Waals surface area (Å²) in [4.78, 5) is 28.4. The zero-order valence-electron chi connectivity index (χ0n) is 17.6. The van der Waals surface area contributed by atoms with Crippen LogP contribution in [-0.2, 0) is 11.3 Å². The largest absolute Gasteiger partial charge is 0.450 e. The molecule has 1 aliphatic heterocycles. The number of hydrogen-bond acceptors (Lipinski definition) is 5. The van der Waals surface area contributed by atoms with Crippen molar-refractivity contribution >= 4 is 45.2 Å². The molecule has 0 radical (unpaired) electrons. The molecule has 1 atom stereocenters. The Morgan fingerprint density at radius 1 is 1.32 bits per heavy atom. The number of halogens is 1. The minimum absolute atomic E-state index is 0.00555. The molecule has 0 bridgehead atoms. The van der Waals surface area contributed by atoms with Gasteiger partial charge in [-0.2, -0.15) is 5.10 Å². The topological polar surface area (TPSA) is 76.5 Å². The summed E-state index contributed by atoms with van der Waals surface area (Å²) < 4.78 is 6.91. The SMILES string of the molecule is CCOC(=O)NC1CCCN(C(=O)c2cc3c(C)nn(Cc4ccc(Cl)cc4)c3s2)C1. The molecule has 0 spiro atoms. The highest BCUT2D eigenvalue weighted by atomic mass is 35.5. The number of hydrogen-bond donors (Lipinski definition) is 1. The molecule has 31 heavy (non-hydrogen) atoms. The molecule has 164 valence electrons. The highest BCUT2D eigenvalue weighted by Gasteiger charge is 2.27. The van der Waals surface area contributed by atoms with Crippen LogP contribution in [0.15, 0.2) is 30.3 Å². The molecule has 1 N–H and O–H groups in total. The number of alkyl carbamates (subject to hydrolysis) is 1. The maximum absolute atomic E-state index is 13.2. The van der Waals surface area contributed by atoms with E-state index in [1.54, 1.807) is 6.92 Å². The molecule has 2 amide bonds. The number of rotatable bonds is 5. The molecule has 0 saturated carbocycles. The van der Waals surface area contributed by atoms with Gasteiger partial charge in [-0.15, -0.1) is 11.3 Å². The van der Waals surface area contributed by atoms with Crippen molar-refractivity contribution in [1.82, 2.24) is 20.0 Å². The Morgan fingerprint density at radius 3 is 2.84 bits per heavy atom. The number of nitrogens with zero attached hydrogens (tertiary/aromatic N) is 3. The van der Waals surface area contributed by atoms with Gasteiger partial charge in [0.05, 0.1) is 23.7 Å². The molecule has 3 aromatic rings. The van der Waals surface area contributed by atoms with E-state index in [0.717, 1.165) is 34.3 Å². The average molecular weight is 461 g/mol. The third-order valence-electron chi connectivity index (χ3n) is 5.37. The van der Waals surface area contributed by atoms with Gasteiger partial charge in [-0.3, -0.25) is 9.48 Å². The molecule has 2 aromatic heterocycles. The molecule has 4 rings (SSSR count). The van der Waals surface area contributed by atoms with Crippen LogP contribution in [0, 0.1) is 6.92 Å². The molecule has 0 aliphatic carbocycles. The number of carbonyl (C=O) groups is 2. The van der Waals surface area contributed by atoms with Crippen LogP contribution in [0.3, 0.4) is 0 Å². The molecule has 3 heterocycles. The molecule has 7 nitrogen and oxygen atoms in total. The van der Waals surface area contributed by atoms with E-state index in [4.69, 9.17) is 16.3 Å². The molecule has 1 saturated heterocycles. The summed E-state index contributed by atoms with van der Waals surface area (Å²) in [6.45, 7) is 5.85. The third-order valence-corrected chi connectivity index (χ3v) is 6.76. The number of piperidine rings is 1. The van der Waals surface area contributed by atoms with Crippen LogP contribution >= 0.6 is 22.9 Å². The second-order valence-corrected chi connectivity index (χ2v) is 9.12. The van der Waals surface area contributed by atoms with Gasteiger partial charge in [0, 0.05) is 29.5 Å². The predicted octanol–water partition coefficient (Wildman–Crippen LogP) is 4.46. The highest BCUT2D eigenvalue weighted by Crippen LogP contribution is 2.30. The van der Waals surface area contributed by atoms with E-state index in [-0.39, 0.29) is 11.9 Å². The first-order chi connectivity index (χ1) is 14.9. The summed E-state index contributed by atoms with van der Waals surface area (Å²) in [7, 11) is 0. The Labute approximate surface area is 189 Å². The Kier molecular flexibility index (Phi) is 6.48. The summed E-state index contributed by atoms with van der Waals surface area (Å²) in [6, 6.07) is 9.54.